The molecule has 0 radical (unpaired) electrons. The molecule has 1 aliphatic carbocycles. The van der Waals surface area contributed by atoms with Crippen molar-refractivity contribution >= 4 is 28.7 Å². The normalized spacial score (nSPS) is 18.1. The minimum absolute atomic E-state index is 0.218. The van der Waals surface area contributed by atoms with Gasteiger partial charge in [-0.2, -0.15) is 0 Å². The summed E-state index contributed by atoms with van der Waals surface area (Å²) in [6.07, 6.45) is 1.30. The molecule has 3 nitrogen and oxygen atoms in total. The smallest absolute Gasteiger partial charge is 0.190 e. The van der Waals surface area contributed by atoms with Gasteiger partial charge in [0.1, 0.15) is 5.92 Å². The van der Waals surface area contributed by atoms with Crippen molar-refractivity contribution in [3.8, 4) is 0 Å². The van der Waals surface area contributed by atoms with E-state index in [9.17, 15) is 14.4 Å². The second-order valence-electron chi connectivity index (χ2n) is 3.56. The molecule has 0 saturated heterocycles. The SMILES string of the molecule is O=C1CCCC(=O)C1C(=O)c1cccs1. The predicted octanol–water partition coefficient (Wildman–Crippen LogP) is 1.87. The Morgan fingerprint density at radius 3 is 2.47 bits per heavy atom. The van der Waals surface area contributed by atoms with Crippen LogP contribution >= 0.6 is 11.3 Å². The van der Waals surface area contributed by atoms with Crippen LogP contribution in [0.1, 0.15) is 28.9 Å². The van der Waals surface area contributed by atoms with Crippen LogP contribution < -0.4 is 0 Å². The van der Waals surface area contributed by atoms with Crippen LogP contribution in [0, 0.1) is 5.92 Å². The molecule has 1 aliphatic rings. The molecule has 0 spiro atoms. The van der Waals surface area contributed by atoms with Crippen LogP contribution in [0.4, 0.5) is 0 Å². The maximum absolute atomic E-state index is 11.9. The van der Waals surface area contributed by atoms with E-state index >= 15 is 0 Å². The number of rotatable bonds is 2. The first-order chi connectivity index (χ1) is 7.20. The van der Waals surface area contributed by atoms with Gasteiger partial charge in [-0.25, -0.2) is 0 Å². The van der Waals surface area contributed by atoms with E-state index < -0.39 is 5.92 Å². The van der Waals surface area contributed by atoms with Gasteiger partial charge >= 0.3 is 0 Å². The molecule has 0 aromatic carbocycles. The Morgan fingerprint density at radius 2 is 1.93 bits per heavy atom. The van der Waals surface area contributed by atoms with Crippen molar-refractivity contribution in [2.24, 2.45) is 5.92 Å². The van der Waals surface area contributed by atoms with E-state index in [2.05, 4.69) is 0 Å². The van der Waals surface area contributed by atoms with Gasteiger partial charge in [-0.15, -0.1) is 11.3 Å². The van der Waals surface area contributed by atoms with E-state index in [0.29, 0.717) is 24.1 Å². The van der Waals surface area contributed by atoms with Crippen LogP contribution in [0.25, 0.3) is 0 Å². The van der Waals surface area contributed by atoms with Crippen molar-refractivity contribution in [3.05, 3.63) is 22.4 Å². The average molecular weight is 222 g/mol. The van der Waals surface area contributed by atoms with Crippen LogP contribution in [0.15, 0.2) is 17.5 Å². The maximum atomic E-state index is 11.9. The van der Waals surface area contributed by atoms with Crippen LogP contribution in [0.5, 0.6) is 0 Å². The zero-order chi connectivity index (χ0) is 10.8. The molecular weight excluding hydrogens is 212 g/mol. The first kappa shape index (κ1) is 10.2. The maximum Gasteiger partial charge on any atom is 0.190 e. The highest BCUT2D eigenvalue weighted by Gasteiger charge is 2.36. The first-order valence-electron chi connectivity index (χ1n) is 4.83. The zero-order valence-corrected chi connectivity index (χ0v) is 8.88. The van der Waals surface area contributed by atoms with E-state index in [1.165, 1.54) is 11.3 Å². The minimum Gasteiger partial charge on any atom is -0.298 e. The van der Waals surface area contributed by atoms with Crippen molar-refractivity contribution in [2.45, 2.75) is 19.3 Å². The topological polar surface area (TPSA) is 51.2 Å². The number of ketones is 3. The molecule has 0 bridgehead atoms. The van der Waals surface area contributed by atoms with E-state index in [1.54, 1.807) is 17.5 Å². The number of hydrogen-bond acceptors (Lipinski definition) is 4. The number of Topliss-reactive ketones (excluding diaryl/α,β-unsaturated/α-hetero) is 3. The van der Waals surface area contributed by atoms with Crippen molar-refractivity contribution < 1.29 is 14.4 Å². The van der Waals surface area contributed by atoms with Gasteiger partial charge in [0.2, 0.25) is 0 Å². The second-order valence-corrected chi connectivity index (χ2v) is 4.51. The molecule has 78 valence electrons. The highest BCUT2D eigenvalue weighted by molar-refractivity contribution is 7.12. The summed E-state index contributed by atoms with van der Waals surface area (Å²) in [4.78, 5) is 35.4. The Balaban J connectivity index is 2.25. The van der Waals surface area contributed by atoms with E-state index in [0.717, 1.165) is 0 Å². The van der Waals surface area contributed by atoms with Gasteiger partial charge in [0.25, 0.3) is 0 Å². The largest absolute Gasteiger partial charge is 0.298 e. The monoisotopic (exact) mass is 222 g/mol. The van der Waals surface area contributed by atoms with Crippen LogP contribution in [-0.4, -0.2) is 17.3 Å². The lowest BCUT2D eigenvalue weighted by atomic mass is 9.83. The summed E-state index contributed by atoms with van der Waals surface area (Å²) in [6.45, 7) is 0. The quantitative estimate of drug-likeness (QED) is 0.567. The Kier molecular flexibility index (Phi) is 2.77. The summed E-state index contributed by atoms with van der Waals surface area (Å²) < 4.78 is 0. The summed E-state index contributed by atoms with van der Waals surface area (Å²) in [6, 6.07) is 3.40. The number of hydrogen-bond donors (Lipinski definition) is 0. The molecule has 4 heteroatoms. The van der Waals surface area contributed by atoms with Crippen molar-refractivity contribution in [2.75, 3.05) is 0 Å². The fourth-order valence-electron chi connectivity index (χ4n) is 1.76. The molecule has 0 unspecified atom stereocenters. The van der Waals surface area contributed by atoms with Gasteiger partial charge in [0.05, 0.1) is 4.88 Å². The third-order valence-corrected chi connectivity index (χ3v) is 3.40. The fraction of sp³-hybridized carbons (Fsp3) is 0.364. The van der Waals surface area contributed by atoms with Crippen LogP contribution in [0.2, 0.25) is 0 Å². The van der Waals surface area contributed by atoms with E-state index in [4.69, 9.17) is 0 Å². The van der Waals surface area contributed by atoms with Gasteiger partial charge in [-0.05, 0) is 17.9 Å². The second kappa shape index (κ2) is 4.06. The van der Waals surface area contributed by atoms with E-state index in [1.807, 2.05) is 0 Å². The minimum atomic E-state index is -1.02. The molecule has 0 atom stereocenters. The molecule has 0 N–H and O–H groups in total. The van der Waals surface area contributed by atoms with Crippen LogP contribution in [0.3, 0.4) is 0 Å². The highest BCUT2D eigenvalue weighted by atomic mass is 32.1. The molecule has 1 aromatic heterocycles. The van der Waals surface area contributed by atoms with Crippen LogP contribution in [-0.2, 0) is 9.59 Å². The summed E-state index contributed by atoms with van der Waals surface area (Å²) in [5.41, 5.74) is 0. The zero-order valence-electron chi connectivity index (χ0n) is 8.06. The van der Waals surface area contributed by atoms with Crippen molar-refractivity contribution in [1.29, 1.82) is 0 Å². The van der Waals surface area contributed by atoms with Crippen molar-refractivity contribution in [1.82, 2.24) is 0 Å². The van der Waals surface area contributed by atoms with Gasteiger partial charge in [-0.1, -0.05) is 6.07 Å². The average Bonchev–Trinajstić information content (AvgIpc) is 2.69. The molecule has 1 heterocycles. The number of carbonyl (C=O) groups is 3. The standard InChI is InChI=1S/C11H10O3S/c12-7-3-1-4-8(13)10(7)11(14)9-5-2-6-15-9/h2,5-6,10H,1,3-4H2. The lowest BCUT2D eigenvalue weighted by molar-refractivity contribution is -0.133. The summed E-state index contributed by atoms with van der Waals surface area (Å²) in [5.74, 6) is -1.77. The molecule has 1 aromatic rings. The third kappa shape index (κ3) is 1.90. The fourth-order valence-corrected chi connectivity index (χ4v) is 2.45. The van der Waals surface area contributed by atoms with Crippen molar-refractivity contribution in [3.63, 3.8) is 0 Å². The third-order valence-electron chi connectivity index (χ3n) is 2.52. The molecule has 2 rings (SSSR count). The molecule has 15 heavy (non-hydrogen) atoms. The predicted molar refractivity (Wildman–Crippen MR) is 56.0 cm³/mol. The van der Waals surface area contributed by atoms with Gasteiger partial charge in [0, 0.05) is 12.8 Å². The lowest BCUT2D eigenvalue weighted by Crippen LogP contribution is -2.34. The Bertz CT molecular complexity index is 389. The van der Waals surface area contributed by atoms with Gasteiger partial charge < -0.3 is 0 Å². The summed E-state index contributed by atoms with van der Waals surface area (Å²) in [5, 5.41) is 1.77. The molecule has 0 aliphatic heterocycles. The first-order valence-corrected chi connectivity index (χ1v) is 5.71. The number of carbonyl (C=O) groups excluding carboxylic acids is 3. The molecule has 0 amide bonds. The molecular formula is C11H10O3S. The van der Waals surface area contributed by atoms with Gasteiger partial charge in [-0.3, -0.25) is 14.4 Å². The van der Waals surface area contributed by atoms with E-state index in [-0.39, 0.29) is 17.3 Å². The highest BCUT2D eigenvalue weighted by Crippen LogP contribution is 2.23. The van der Waals surface area contributed by atoms with Gasteiger partial charge in [0.15, 0.2) is 17.3 Å². The number of thiophene rings is 1. The Labute approximate surface area is 91.1 Å². The molecule has 1 saturated carbocycles. The summed E-state index contributed by atoms with van der Waals surface area (Å²) >= 11 is 1.27. The summed E-state index contributed by atoms with van der Waals surface area (Å²) in [7, 11) is 0. The Morgan fingerprint density at radius 1 is 1.27 bits per heavy atom. The Hall–Kier alpha value is -1.29. The molecule has 1 fully saturated rings. The lowest BCUT2D eigenvalue weighted by Gasteiger charge is -2.17.